The highest BCUT2D eigenvalue weighted by molar-refractivity contribution is 5.14. The highest BCUT2D eigenvalue weighted by Crippen LogP contribution is 2.36. The molecular weight excluding hydrogens is 136 g/mol. The van der Waals surface area contributed by atoms with Crippen LogP contribution in [0.4, 0.5) is 0 Å². The minimum atomic E-state index is 0.628. The molecule has 1 saturated carbocycles. The summed E-state index contributed by atoms with van der Waals surface area (Å²) in [5.41, 5.74) is 1.48. The minimum Gasteiger partial charge on any atom is -0.315 e. The van der Waals surface area contributed by atoms with Crippen LogP contribution < -0.4 is 5.84 Å². The van der Waals surface area contributed by atoms with Gasteiger partial charge < -0.3 is 5.01 Å². The van der Waals surface area contributed by atoms with Crippen LogP contribution in [0.5, 0.6) is 0 Å². The largest absolute Gasteiger partial charge is 0.315 e. The second-order valence-electron chi connectivity index (χ2n) is 3.78. The maximum atomic E-state index is 5.84. The van der Waals surface area contributed by atoms with Crippen LogP contribution in [0.15, 0.2) is 11.8 Å². The average molecular weight is 152 g/mol. The fraction of sp³-hybridized carbons (Fsp3) is 0.778. The van der Waals surface area contributed by atoms with Crippen LogP contribution >= 0.6 is 0 Å². The average Bonchev–Trinajstić information content (AvgIpc) is 2.30. The van der Waals surface area contributed by atoms with E-state index in [9.17, 15) is 0 Å². The van der Waals surface area contributed by atoms with E-state index >= 15 is 0 Å². The number of nitrogens with two attached hydrogens (primary N) is 1. The van der Waals surface area contributed by atoms with Gasteiger partial charge in [0.25, 0.3) is 0 Å². The Morgan fingerprint density at radius 1 is 1.45 bits per heavy atom. The van der Waals surface area contributed by atoms with Crippen LogP contribution in [0, 0.1) is 5.92 Å². The topological polar surface area (TPSA) is 29.3 Å². The van der Waals surface area contributed by atoms with Gasteiger partial charge in [-0.3, -0.25) is 0 Å². The molecule has 0 aromatic heterocycles. The summed E-state index contributed by atoms with van der Waals surface area (Å²) in [4.78, 5) is 0. The first-order valence-electron chi connectivity index (χ1n) is 4.50. The van der Waals surface area contributed by atoms with E-state index in [1.807, 2.05) is 5.01 Å². The van der Waals surface area contributed by atoms with Crippen molar-refractivity contribution in [2.45, 2.75) is 38.6 Å². The van der Waals surface area contributed by atoms with Crippen LogP contribution in [0.3, 0.4) is 0 Å². The fourth-order valence-corrected chi connectivity index (χ4v) is 2.43. The van der Waals surface area contributed by atoms with Gasteiger partial charge in [0.2, 0.25) is 0 Å². The Bertz CT molecular complexity index is 186. The summed E-state index contributed by atoms with van der Waals surface area (Å²) in [6, 6.07) is 0.628. The lowest BCUT2D eigenvalue weighted by Gasteiger charge is -2.30. The molecule has 2 nitrogen and oxygen atoms in total. The molecule has 2 atom stereocenters. The number of fused-ring (bicyclic) bond motifs is 1. The molecule has 1 heterocycles. The SMILES string of the molecule is CC1=CN(N)C2CCCCC12. The van der Waals surface area contributed by atoms with Gasteiger partial charge in [-0.1, -0.05) is 18.4 Å². The highest BCUT2D eigenvalue weighted by Gasteiger charge is 2.33. The Labute approximate surface area is 68.0 Å². The second-order valence-corrected chi connectivity index (χ2v) is 3.78. The molecule has 0 saturated heterocycles. The van der Waals surface area contributed by atoms with Gasteiger partial charge in [0.1, 0.15) is 0 Å². The van der Waals surface area contributed by atoms with Crippen molar-refractivity contribution in [1.29, 1.82) is 0 Å². The van der Waals surface area contributed by atoms with E-state index in [0.29, 0.717) is 6.04 Å². The summed E-state index contributed by atoms with van der Waals surface area (Å²) in [5.74, 6) is 6.61. The zero-order valence-electron chi connectivity index (χ0n) is 7.09. The van der Waals surface area contributed by atoms with Crippen LogP contribution in [0.2, 0.25) is 0 Å². The van der Waals surface area contributed by atoms with Crippen molar-refractivity contribution in [3.05, 3.63) is 11.8 Å². The second kappa shape index (κ2) is 2.52. The standard InChI is InChI=1S/C9H16N2/c1-7-6-11(10)9-5-3-2-4-8(7)9/h6,8-9H,2-5,10H2,1H3. The van der Waals surface area contributed by atoms with E-state index in [1.165, 1.54) is 31.3 Å². The molecule has 0 aromatic carbocycles. The third kappa shape index (κ3) is 1.06. The Morgan fingerprint density at radius 3 is 2.91 bits per heavy atom. The lowest BCUT2D eigenvalue weighted by Crippen LogP contribution is -2.38. The van der Waals surface area contributed by atoms with Crippen LogP contribution in [0.25, 0.3) is 0 Å². The summed E-state index contributed by atoms with van der Waals surface area (Å²) in [5, 5.41) is 1.92. The summed E-state index contributed by atoms with van der Waals surface area (Å²) in [6.07, 6.45) is 7.49. The molecule has 2 unspecified atom stereocenters. The Kier molecular flexibility index (Phi) is 1.64. The Balaban J connectivity index is 2.14. The molecule has 1 fully saturated rings. The predicted octanol–water partition coefficient (Wildman–Crippen LogP) is 1.64. The first-order chi connectivity index (χ1) is 5.29. The van der Waals surface area contributed by atoms with Crippen molar-refractivity contribution in [3.63, 3.8) is 0 Å². The van der Waals surface area contributed by atoms with Crippen molar-refractivity contribution < 1.29 is 0 Å². The number of hydrogen-bond acceptors (Lipinski definition) is 2. The Morgan fingerprint density at radius 2 is 2.18 bits per heavy atom. The quantitative estimate of drug-likeness (QED) is 0.535. The molecule has 62 valence electrons. The lowest BCUT2D eigenvalue weighted by molar-refractivity contribution is 0.203. The molecule has 1 aliphatic heterocycles. The molecule has 2 N–H and O–H groups in total. The van der Waals surface area contributed by atoms with Crippen molar-refractivity contribution in [2.75, 3.05) is 0 Å². The first kappa shape index (κ1) is 7.17. The maximum Gasteiger partial charge on any atom is 0.0511 e. The summed E-state index contributed by atoms with van der Waals surface area (Å²) in [6.45, 7) is 2.20. The van der Waals surface area contributed by atoms with Crippen molar-refractivity contribution in [2.24, 2.45) is 11.8 Å². The van der Waals surface area contributed by atoms with E-state index < -0.39 is 0 Å². The Hall–Kier alpha value is -0.500. The van der Waals surface area contributed by atoms with Gasteiger partial charge in [-0.2, -0.15) is 0 Å². The van der Waals surface area contributed by atoms with E-state index in [0.717, 1.165) is 5.92 Å². The zero-order valence-corrected chi connectivity index (χ0v) is 7.09. The van der Waals surface area contributed by atoms with E-state index in [4.69, 9.17) is 5.84 Å². The molecule has 11 heavy (non-hydrogen) atoms. The summed E-state index contributed by atoms with van der Waals surface area (Å²) >= 11 is 0. The number of rotatable bonds is 0. The van der Waals surface area contributed by atoms with Gasteiger partial charge in [0, 0.05) is 12.1 Å². The van der Waals surface area contributed by atoms with Crippen molar-refractivity contribution in [1.82, 2.24) is 5.01 Å². The molecule has 0 radical (unpaired) electrons. The molecule has 1 aliphatic carbocycles. The molecule has 0 aromatic rings. The number of hydrazine groups is 1. The molecule has 0 amide bonds. The fourth-order valence-electron chi connectivity index (χ4n) is 2.43. The van der Waals surface area contributed by atoms with Gasteiger partial charge in [0.05, 0.1) is 6.04 Å². The highest BCUT2D eigenvalue weighted by atomic mass is 15.4. The van der Waals surface area contributed by atoms with Crippen molar-refractivity contribution >= 4 is 0 Å². The van der Waals surface area contributed by atoms with Crippen LogP contribution in [-0.2, 0) is 0 Å². The summed E-state index contributed by atoms with van der Waals surface area (Å²) in [7, 11) is 0. The molecule has 2 heteroatoms. The van der Waals surface area contributed by atoms with Gasteiger partial charge in [-0.25, -0.2) is 5.84 Å². The molecular formula is C9H16N2. The number of hydrogen-bond donors (Lipinski definition) is 1. The maximum absolute atomic E-state index is 5.84. The van der Waals surface area contributed by atoms with E-state index in [1.54, 1.807) is 0 Å². The van der Waals surface area contributed by atoms with Crippen LogP contribution in [0.1, 0.15) is 32.6 Å². The normalized spacial score (nSPS) is 36.9. The molecule has 2 aliphatic rings. The van der Waals surface area contributed by atoms with Gasteiger partial charge in [-0.15, -0.1) is 0 Å². The number of nitrogens with zero attached hydrogens (tertiary/aromatic N) is 1. The van der Waals surface area contributed by atoms with Crippen LogP contribution in [-0.4, -0.2) is 11.1 Å². The predicted molar refractivity (Wildman–Crippen MR) is 45.5 cm³/mol. The van der Waals surface area contributed by atoms with E-state index in [-0.39, 0.29) is 0 Å². The monoisotopic (exact) mass is 152 g/mol. The smallest absolute Gasteiger partial charge is 0.0511 e. The molecule has 0 bridgehead atoms. The zero-order chi connectivity index (χ0) is 7.84. The molecule has 0 spiro atoms. The first-order valence-corrected chi connectivity index (χ1v) is 4.50. The van der Waals surface area contributed by atoms with Gasteiger partial charge in [0.15, 0.2) is 0 Å². The van der Waals surface area contributed by atoms with Gasteiger partial charge in [-0.05, 0) is 19.8 Å². The van der Waals surface area contributed by atoms with Crippen molar-refractivity contribution in [3.8, 4) is 0 Å². The minimum absolute atomic E-state index is 0.628. The third-order valence-electron chi connectivity index (χ3n) is 3.05. The van der Waals surface area contributed by atoms with Gasteiger partial charge >= 0.3 is 0 Å². The molecule has 2 rings (SSSR count). The third-order valence-corrected chi connectivity index (χ3v) is 3.05. The lowest BCUT2D eigenvalue weighted by atomic mass is 9.83. The summed E-state index contributed by atoms with van der Waals surface area (Å²) < 4.78 is 0. The van der Waals surface area contributed by atoms with E-state index in [2.05, 4.69) is 13.1 Å².